The number of fused-ring (bicyclic) bond motifs is 1. The Balaban J connectivity index is 0.000000300. The van der Waals surface area contributed by atoms with Crippen LogP contribution in [0, 0.1) is 12.7 Å². The van der Waals surface area contributed by atoms with Gasteiger partial charge in [0.1, 0.15) is 11.6 Å². The van der Waals surface area contributed by atoms with E-state index >= 15 is 0 Å². The standard InChI is InChI=1S/C19H17ClFN3O.C5H8N2/c1-12-2-4-15-17(22-12)11-18(24-6-8-25-9-7-24)23-19(15)14-5-3-13(20)10-16(14)21;1-2-7-5-3-4-6-7/h2-5,10-11H,6-9H2,1H3;3-5H,2H2,1H3. The van der Waals surface area contributed by atoms with E-state index in [-0.39, 0.29) is 5.82 Å². The number of aryl methyl sites for hydroxylation is 2. The van der Waals surface area contributed by atoms with Gasteiger partial charge in [-0.15, -0.1) is 0 Å². The van der Waals surface area contributed by atoms with E-state index < -0.39 is 0 Å². The van der Waals surface area contributed by atoms with Crippen molar-refractivity contribution in [2.75, 3.05) is 31.2 Å². The van der Waals surface area contributed by atoms with Crippen molar-refractivity contribution in [3.63, 3.8) is 0 Å². The van der Waals surface area contributed by atoms with Crippen molar-refractivity contribution in [3.05, 3.63) is 71.4 Å². The lowest BCUT2D eigenvalue weighted by atomic mass is 10.1. The predicted octanol–water partition coefficient (Wildman–Crippen LogP) is 5.14. The Hall–Kier alpha value is -3.03. The average Bonchev–Trinajstić information content (AvgIpc) is 3.33. The molecule has 3 aromatic heterocycles. The molecule has 0 spiro atoms. The largest absolute Gasteiger partial charge is 0.378 e. The van der Waals surface area contributed by atoms with E-state index in [0.717, 1.165) is 42.0 Å². The molecule has 6 nitrogen and oxygen atoms in total. The molecule has 1 saturated heterocycles. The molecule has 166 valence electrons. The van der Waals surface area contributed by atoms with Crippen molar-refractivity contribution in [2.45, 2.75) is 20.4 Å². The van der Waals surface area contributed by atoms with E-state index in [9.17, 15) is 4.39 Å². The highest BCUT2D eigenvalue weighted by Gasteiger charge is 2.18. The summed E-state index contributed by atoms with van der Waals surface area (Å²) in [6, 6.07) is 12.4. The molecule has 1 aliphatic heterocycles. The van der Waals surface area contributed by atoms with Gasteiger partial charge in [0.05, 0.1) is 24.4 Å². The van der Waals surface area contributed by atoms with Crippen LogP contribution >= 0.6 is 11.6 Å². The number of nitrogens with zero attached hydrogens (tertiary/aromatic N) is 5. The smallest absolute Gasteiger partial charge is 0.134 e. The Morgan fingerprint density at radius 3 is 2.56 bits per heavy atom. The molecule has 4 aromatic rings. The van der Waals surface area contributed by atoms with Gasteiger partial charge in [-0.3, -0.25) is 9.67 Å². The van der Waals surface area contributed by atoms with Gasteiger partial charge in [-0.25, -0.2) is 9.37 Å². The zero-order valence-corrected chi connectivity index (χ0v) is 18.9. The minimum atomic E-state index is -0.388. The van der Waals surface area contributed by atoms with Crippen molar-refractivity contribution in [3.8, 4) is 11.3 Å². The summed E-state index contributed by atoms with van der Waals surface area (Å²) in [5.74, 6) is 0.402. The SMILES string of the molecule is CCn1cccn1.Cc1ccc2c(-c3ccc(Cl)cc3F)nc(N3CCOCC3)cc2n1. The van der Waals surface area contributed by atoms with Gasteiger partial charge in [0.25, 0.3) is 0 Å². The molecule has 4 heterocycles. The second-order valence-corrected chi connectivity index (χ2v) is 7.87. The van der Waals surface area contributed by atoms with Gasteiger partial charge in [0.2, 0.25) is 0 Å². The zero-order valence-electron chi connectivity index (χ0n) is 18.1. The maximum atomic E-state index is 14.5. The normalized spacial score (nSPS) is 13.7. The predicted molar refractivity (Wildman–Crippen MR) is 126 cm³/mol. The van der Waals surface area contributed by atoms with Crippen LogP contribution < -0.4 is 4.90 Å². The van der Waals surface area contributed by atoms with Crippen LogP contribution in [0.4, 0.5) is 10.2 Å². The summed E-state index contributed by atoms with van der Waals surface area (Å²) < 4.78 is 21.8. The molecule has 1 fully saturated rings. The third-order valence-electron chi connectivity index (χ3n) is 5.22. The molecule has 0 N–H and O–H groups in total. The van der Waals surface area contributed by atoms with Gasteiger partial charge >= 0.3 is 0 Å². The number of anilines is 1. The van der Waals surface area contributed by atoms with E-state index in [4.69, 9.17) is 21.3 Å². The van der Waals surface area contributed by atoms with Gasteiger partial charge in [-0.05, 0) is 50.2 Å². The first-order valence-electron chi connectivity index (χ1n) is 10.6. The first-order chi connectivity index (χ1) is 15.5. The van der Waals surface area contributed by atoms with Crippen LogP contribution in [0.5, 0.6) is 0 Å². The summed E-state index contributed by atoms with van der Waals surface area (Å²) in [4.78, 5) is 11.5. The minimum Gasteiger partial charge on any atom is -0.378 e. The van der Waals surface area contributed by atoms with Crippen molar-refractivity contribution < 1.29 is 9.13 Å². The highest BCUT2D eigenvalue weighted by Crippen LogP contribution is 2.32. The van der Waals surface area contributed by atoms with Gasteiger partial charge in [-0.2, -0.15) is 5.10 Å². The Bertz CT molecular complexity index is 1190. The van der Waals surface area contributed by atoms with E-state index in [2.05, 4.69) is 21.9 Å². The molecule has 0 saturated carbocycles. The fourth-order valence-corrected chi connectivity index (χ4v) is 3.70. The average molecular weight is 454 g/mol. The summed E-state index contributed by atoms with van der Waals surface area (Å²) in [5, 5.41) is 5.14. The lowest BCUT2D eigenvalue weighted by Crippen LogP contribution is -2.36. The van der Waals surface area contributed by atoms with Crippen molar-refractivity contribution in [1.29, 1.82) is 0 Å². The topological polar surface area (TPSA) is 56.1 Å². The number of hydrogen-bond acceptors (Lipinski definition) is 5. The van der Waals surface area contributed by atoms with E-state index in [1.165, 1.54) is 6.07 Å². The van der Waals surface area contributed by atoms with Crippen LogP contribution in [0.1, 0.15) is 12.6 Å². The van der Waals surface area contributed by atoms with Crippen LogP contribution in [-0.4, -0.2) is 46.1 Å². The van der Waals surface area contributed by atoms with E-state index in [1.54, 1.807) is 18.3 Å². The van der Waals surface area contributed by atoms with Gasteiger partial charge in [0, 0.05) is 59.8 Å². The number of rotatable bonds is 3. The van der Waals surface area contributed by atoms with E-state index in [1.807, 2.05) is 42.1 Å². The lowest BCUT2D eigenvalue weighted by Gasteiger charge is -2.28. The quantitative estimate of drug-likeness (QED) is 0.430. The molecule has 5 rings (SSSR count). The molecule has 32 heavy (non-hydrogen) atoms. The van der Waals surface area contributed by atoms with Gasteiger partial charge < -0.3 is 9.64 Å². The molecule has 8 heteroatoms. The molecule has 0 unspecified atom stereocenters. The number of benzene rings is 1. The Kier molecular flexibility index (Phi) is 6.97. The maximum absolute atomic E-state index is 14.5. The molecular formula is C24H25ClFN5O. The zero-order chi connectivity index (χ0) is 22.5. The summed E-state index contributed by atoms with van der Waals surface area (Å²) in [5.41, 5.74) is 2.73. The summed E-state index contributed by atoms with van der Waals surface area (Å²) in [6.07, 6.45) is 3.73. The van der Waals surface area contributed by atoms with Crippen LogP contribution in [-0.2, 0) is 11.3 Å². The number of halogens is 2. The van der Waals surface area contributed by atoms with E-state index in [0.29, 0.717) is 29.5 Å². The maximum Gasteiger partial charge on any atom is 0.134 e. The van der Waals surface area contributed by atoms with Crippen molar-refractivity contribution >= 4 is 28.3 Å². The third kappa shape index (κ3) is 5.06. The first-order valence-corrected chi connectivity index (χ1v) is 11.0. The Morgan fingerprint density at radius 2 is 1.91 bits per heavy atom. The summed E-state index contributed by atoms with van der Waals surface area (Å²) in [7, 11) is 0. The minimum absolute atomic E-state index is 0.365. The number of pyridine rings is 2. The molecule has 0 bridgehead atoms. The van der Waals surface area contributed by atoms with Crippen LogP contribution in [0.2, 0.25) is 5.02 Å². The monoisotopic (exact) mass is 453 g/mol. The molecule has 1 aromatic carbocycles. The van der Waals surface area contributed by atoms with Crippen LogP contribution in [0.25, 0.3) is 22.2 Å². The molecule has 0 amide bonds. The number of aromatic nitrogens is 4. The highest BCUT2D eigenvalue weighted by molar-refractivity contribution is 6.30. The molecular weight excluding hydrogens is 429 g/mol. The fourth-order valence-electron chi connectivity index (χ4n) is 3.55. The molecule has 0 aliphatic carbocycles. The first kappa shape index (κ1) is 22.2. The Morgan fingerprint density at radius 1 is 1.09 bits per heavy atom. The number of morpholine rings is 1. The fraction of sp³-hybridized carbons (Fsp3) is 0.292. The number of ether oxygens (including phenoxy) is 1. The Labute approximate surface area is 191 Å². The molecule has 0 atom stereocenters. The van der Waals surface area contributed by atoms with Gasteiger partial charge in [-0.1, -0.05) is 11.6 Å². The second-order valence-electron chi connectivity index (χ2n) is 7.43. The third-order valence-corrected chi connectivity index (χ3v) is 5.45. The van der Waals surface area contributed by atoms with Crippen molar-refractivity contribution in [1.82, 2.24) is 19.7 Å². The lowest BCUT2D eigenvalue weighted by molar-refractivity contribution is 0.122. The highest BCUT2D eigenvalue weighted by atomic mass is 35.5. The molecule has 1 aliphatic rings. The van der Waals surface area contributed by atoms with Crippen LogP contribution in [0.15, 0.2) is 54.9 Å². The summed E-state index contributed by atoms with van der Waals surface area (Å²) >= 11 is 5.90. The summed E-state index contributed by atoms with van der Waals surface area (Å²) in [6.45, 7) is 7.80. The second kappa shape index (κ2) is 10.1. The van der Waals surface area contributed by atoms with Gasteiger partial charge in [0.15, 0.2) is 0 Å². The van der Waals surface area contributed by atoms with Crippen molar-refractivity contribution in [2.24, 2.45) is 0 Å². The number of hydrogen-bond donors (Lipinski definition) is 0. The van der Waals surface area contributed by atoms with Crippen LogP contribution in [0.3, 0.4) is 0 Å². The molecule has 0 radical (unpaired) electrons.